The van der Waals surface area contributed by atoms with E-state index in [1.807, 2.05) is 0 Å². The minimum absolute atomic E-state index is 0.00342. The van der Waals surface area contributed by atoms with Gasteiger partial charge in [0.1, 0.15) is 0 Å². The van der Waals surface area contributed by atoms with E-state index in [4.69, 9.17) is 23.2 Å². The molecule has 0 radical (unpaired) electrons. The van der Waals surface area contributed by atoms with Crippen molar-refractivity contribution < 1.29 is 13.2 Å². The average molecular weight is 253 g/mol. The predicted octanol–water partition coefficient (Wildman–Crippen LogP) is 3.95. The molecular weight excluding hydrogens is 248 g/mol. The zero-order chi connectivity index (χ0) is 11.5. The van der Waals surface area contributed by atoms with Crippen molar-refractivity contribution in [2.45, 2.75) is 6.18 Å². The lowest BCUT2D eigenvalue weighted by atomic mass is 10.1. The van der Waals surface area contributed by atoms with Crippen LogP contribution in [0.15, 0.2) is 18.2 Å². The lowest BCUT2D eigenvalue weighted by molar-refractivity contribution is -0.137. The van der Waals surface area contributed by atoms with Gasteiger partial charge in [0.15, 0.2) is 0 Å². The van der Waals surface area contributed by atoms with Gasteiger partial charge in [-0.05, 0) is 18.2 Å². The lowest BCUT2D eigenvalue weighted by Crippen LogP contribution is -2.05. The highest BCUT2D eigenvalue weighted by atomic mass is 35.5. The molecule has 1 aromatic carbocycles. The summed E-state index contributed by atoms with van der Waals surface area (Å²) in [7, 11) is 0. The zero-order valence-corrected chi connectivity index (χ0v) is 8.84. The van der Waals surface area contributed by atoms with E-state index in [0.717, 1.165) is 12.1 Å². The van der Waals surface area contributed by atoms with Gasteiger partial charge in [-0.15, -0.1) is 11.6 Å². The van der Waals surface area contributed by atoms with Gasteiger partial charge in [-0.25, -0.2) is 0 Å². The van der Waals surface area contributed by atoms with E-state index in [2.05, 4.69) is 11.8 Å². The van der Waals surface area contributed by atoms with E-state index in [0.29, 0.717) is 0 Å². The fraction of sp³-hybridized carbons (Fsp3) is 0.200. The molecule has 80 valence electrons. The van der Waals surface area contributed by atoms with E-state index in [-0.39, 0.29) is 16.5 Å². The highest BCUT2D eigenvalue weighted by Crippen LogP contribution is 2.31. The second-order valence-corrected chi connectivity index (χ2v) is 3.37. The van der Waals surface area contributed by atoms with Gasteiger partial charge in [0.25, 0.3) is 0 Å². The Morgan fingerprint density at radius 2 is 1.87 bits per heavy atom. The first kappa shape index (κ1) is 12.2. The third kappa shape index (κ3) is 3.65. The van der Waals surface area contributed by atoms with Gasteiger partial charge < -0.3 is 0 Å². The summed E-state index contributed by atoms with van der Waals surface area (Å²) in [5.41, 5.74) is -0.607. The molecule has 0 aliphatic rings. The van der Waals surface area contributed by atoms with Crippen LogP contribution in [0.4, 0.5) is 13.2 Å². The van der Waals surface area contributed by atoms with Crippen LogP contribution in [0, 0.1) is 11.8 Å². The predicted molar refractivity (Wildman–Crippen MR) is 54.1 cm³/mol. The van der Waals surface area contributed by atoms with Gasteiger partial charge >= 0.3 is 6.18 Å². The maximum absolute atomic E-state index is 12.3. The van der Waals surface area contributed by atoms with Crippen molar-refractivity contribution in [3.8, 4) is 11.8 Å². The third-order valence-electron chi connectivity index (χ3n) is 1.52. The molecule has 15 heavy (non-hydrogen) atoms. The highest BCUT2D eigenvalue weighted by Gasteiger charge is 2.30. The molecule has 0 aromatic heterocycles. The summed E-state index contributed by atoms with van der Waals surface area (Å²) in [5.74, 6) is 5.00. The van der Waals surface area contributed by atoms with Crippen molar-refractivity contribution in [2.24, 2.45) is 0 Å². The second kappa shape index (κ2) is 4.78. The Bertz CT molecular complexity index is 413. The molecule has 0 aliphatic heterocycles. The lowest BCUT2D eigenvalue weighted by Gasteiger charge is -2.07. The summed E-state index contributed by atoms with van der Waals surface area (Å²) in [4.78, 5) is 0. The third-order valence-corrected chi connectivity index (χ3v) is 1.88. The van der Waals surface area contributed by atoms with Crippen molar-refractivity contribution in [3.05, 3.63) is 34.3 Å². The molecule has 5 heteroatoms. The molecule has 0 fully saturated rings. The molecule has 0 unspecified atom stereocenters. The maximum Gasteiger partial charge on any atom is 0.416 e. The summed E-state index contributed by atoms with van der Waals surface area (Å²) in [5, 5.41) is 0.00342. The van der Waals surface area contributed by atoms with Crippen LogP contribution >= 0.6 is 23.2 Å². The number of halogens is 5. The Kier molecular flexibility index (Phi) is 3.90. The van der Waals surface area contributed by atoms with Gasteiger partial charge in [-0.3, -0.25) is 0 Å². The van der Waals surface area contributed by atoms with Gasteiger partial charge in [-0.1, -0.05) is 23.4 Å². The van der Waals surface area contributed by atoms with E-state index in [1.165, 1.54) is 6.07 Å². The minimum atomic E-state index is -4.41. The molecule has 1 rings (SSSR count). The summed E-state index contributed by atoms with van der Waals surface area (Å²) >= 11 is 10.8. The smallest absolute Gasteiger partial charge is 0.166 e. The fourth-order valence-corrected chi connectivity index (χ4v) is 1.26. The molecular formula is C10H5Cl2F3. The Hall–Kier alpha value is -0.850. The summed E-state index contributed by atoms with van der Waals surface area (Å²) in [6.07, 6.45) is -4.41. The van der Waals surface area contributed by atoms with Crippen LogP contribution in [0.3, 0.4) is 0 Å². The summed E-state index contributed by atoms with van der Waals surface area (Å²) in [6.45, 7) is 0. The molecule has 0 bridgehead atoms. The number of hydrogen-bond donors (Lipinski definition) is 0. The normalized spacial score (nSPS) is 10.7. The molecule has 0 saturated heterocycles. The van der Waals surface area contributed by atoms with E-state index >= 15 is 0 Å². The molecule has 0 saturated carbocycles. The van der Waals surface area contributed by atoms with Gasteiger partial charge in [0, 0.05) is 10.6 Å². The summed E-state index contributed by atoms with van der Waals surface area (Å²) < 4.78 is 37.0. The Morgan fingerprint density at radius 3 is 2.40 bits per heavy atom. The van der Waals surface area contributed by atoms with Crippen LogP contribution < -0.4 is 0 Å². The van der Waals surface area contributed by atoms with Crippen molar-refractivity contribution in [2.75, 3.05) is 5.88 Å². The maximum atomic E-state index is 12.3. The molecule has 1 aromatic rings. The van der Waals surface area contributed by atoms with Crippen molar-refractivity contribution in [1.29, 1.82) is 0 Å². The van der Waals surface area contributed by atoms with Crippen molar-refractivity contribution >= 4 is 23.2 Å². The molecule has 0 atom stereocenters. The Morgan fingerprint density at radius 1 is 1.20 bits per heavy atom. The van der Waals surface area contributed by atoms with Crippen molar-refractivity contribution in [1.82, 2.24) is 0 Å². The van der Waals surface area contributed by atoms with Gasteiger partial charge in [0.05, 0.1) is 11.4 Å². The number of alkyl halides is 4. The molecule has 0 N–H and O–H groups in total. The van der Waals surface area contributed by atoms with Crippen LogP contribution in [0.1, 0.15) is 11.1 Å². The first-order chi connectivity index (χ1) is 6.93. The SMILES string of the molecule is FC(F)(F)c1cc(Cl)cc(C#CCCl)c1. The van der Waals surface area contributed by atoms with Crippen LogP contribution in [-0.4, -0.2) is 5.88 Å². The molecule has 0 spiro atoms. The van der Waals surface area contributed by atoms with Gasteiger partial charge in [0.2, 0.25) is 0 Å². The van der Waals surface area contributed by atoms with Crippen LogP contribution in [-0.2, 0) is 6.18 Å². The highest BCUT2D eigenvalue weighted by molar-refractivity contribution is 6.30. The fourth-order valence-electron chi connectivity index (χ4n) is 0.961. The monoisotopic (exact) mass is 252 g/mol. The Labute approximate surface area is 95.0 Å². The van der Waals surface area contributed by atoms with E-state index in [1.54, 1.807) is 0 Å². The number of rotatable bonds is 0. The van der Waals surface area contributed by atoms with E-state index < -0.39 is 11.7 Å². The summed E-state index contributed by atoms with van der Waals surface area (Å²) in [6, 6.07) is 3.15. The molecule has 0 heterocycles. The van der Waals surface area contributed by atoms with Crippen molar-refractivity contribution in [3.63, 3.8) is 0 Å². The Balaban J connectivity index is 3.17. The number of benzene rings is 1. The van der Waals surface area contributed by atoms with Gasteiger partial charge in [-0.2, -0.15) is 13.2 Å². The zero-order valence-electron chi connectivity index (χ0n) is 7.33. The average Bonchev–Trinajstić information content (AvgIpc) is 2.12. The molecule has 0 amide bonds. The van der Waals surface area contributed by atoms with E-state index in [9.17, 15) is 13.2 Å². The second-order valence-electron chi connectivity index (χ2n) is 2.66. The van der Waals surface area contributed by atoms with Crippen LogP contribution in [0.5, 0.6) is 0 Å². The van der Waals surface area contributed by atoms with Crippen LogP contribution in [0.25, 0.3) is 0 Å². The molecule has 0 nitrogen and oxygen atoms in total. The quantitative estimate of drug-likeness (QED) is 0.485. The topological polar surface area (TPSA) is 0 Å². The minimum Gasteiger partial charge on any atom is -0.166 e. The van der Waals surface area contributed by atoms with Crippen LogP contribution in [0.2, 0.25) is 5.02 Å². The first-order valence-corrected chi connectivity index (χ1v) is 4.77. The molecule has 0 aliphatic carbocycles. The standard InChI is InChI=1S/C10H5Cl2F3/c11-3-1-2-7-4-8(10(13,14)15)6-9(12)5-7/h4-6H,3H2. The largest absolute Gasteiger partial charge is 0.416 e. The first-order valence-electron chi connectivity index (χ1n) is 3.86. The number of hydrogen-bond acceptors (Lipinski definition) is 0.